The van der Waals surface area contributed by atoms with Crippen molar-refractivity contribution in [1.82, 2.24) is 4.90 Å². The Morgan fingerprint density at radius 1 is 1.43 bits per heavy atom. The van der Waals surface area contributed by atoms with Crippen LogP contribution in [0.15, 0.2) is 23.4 Å². The predicted molar refractivity (Wildman–Crippen MR) is 56.9 cm³/mol. The standard InChI is InChI=1S/C12H17NO/c1-9(2)13-8-11(14)7-10-5-3-4-6-12(10)13/h3,5,9H,4,6-8H2,1-2H3. The van der Waals surface area contributed by atoms with Crippen LogP contribution in [0.2, 0.25) is 0 Å². The van der Waals surface area contributed by atoms with Gasteiger partial charge in [-0.15, -0.1) is 0 Å². The van der Waals surface area contributed by atoms with Crippen LogP contribution in [-0.4, -0.2) is 23.3 Å². The van der Waals surface area contributed by atoms with Crippen LogP contribution in [0.5, 0.6) is 0 Å². The lowest BCUT2D eigenvalue weighted by Crippen LogP contribution is -2.39. The summed E-state index contributed by atoms with van der Waals surface area (Å²) in [5.41, 5.74) is 2.66. The molecule has 0 aromatic rings. The summed E-state index contributed by atoms with van der Waals surface area (Å²) < 4.78 is 0. The van der Waals surface area contributed by atoms with Gasteiger partial charge in [0.1, 0.15) is 0 Å². The van der Waals surface area contributed by atoms with Crippen molar-refractivity contribution in [2.24, 2.45) is 0 Å². The number of nitrogens with zero attached hydrogens (tertiary/aromatic N) is 1. The second kappa shape index (κ2) is 3.60. The minimum absolute atomic E-state index is 0.351. The van der Waals surface area contributed by atoms with Crippen LogP contribution in [-0.2, 0) is 4.79 Å². The second-order valence-corrected chi connectivity index (χ2v) is 4.35. The molecular weight excluding hydrogens is 174 g/mol. The van der Waals surface area contributed by atoms with Crippen molar-refractivity contribution in [3.8, 4) is 0 Å². The van der Waals surface area contributed by atoms with E-state index in [1.807, 2.05) is 0 Å². The smallest absolute Gasteiger partial charge is 0.156 e. The number of hydrogen-bond acceptors (Lipinski definition) is 2. The van der Waals surface area contributed by atoms with Crippen LogP contribution in [0.3, 0.4) is 0 Å². The van der Waals surface area contributed by atoms with E-state index in [0.29, 0.717) is 24.8 Å². The number of rotatable bonds is 1. The number of ketones is 1. The highest BCUT2D eigenvalue weighted by Crippen LogP contribution is 2.29. The molecule has 0 N–H and O–H groups in total. The van der Waals surface area contributed by atoms with Crippen LogP contribution in [0.1, 0.15) is 33.1 Å². The summed E-state index contributed by atoms with van der Waals surface area (Å²) in [5, 5.41) is 0. The topological polar surface area (TPSA) is 20.3 Å². The Morgan fingerprint density at radius 3 is 2.93 bits per heavy atom. The quantitative estimate of drug-likeness (QED) is 0.633. The first-order valence-corrected chi connectivity index (χ1v) is 5.35. The van der Waals surface area contributed by atoms with E-state index < -0.39 is 0 Å². The lowest BCUT2D eigenvalue weighted by molar-refractivity contribution is -0.120. The van der Waals surface area contributed by atoms with Gasteiger partial charge in [-0.2, -0.15) is 0 Å². The van der Waals surface area contributed by atoms with E-state index in [4.69, 9.17) is 0 Å². The van der Waals surface area contributed by atoms with Crippen LogP contribution >= 0.6 is 0 Å². The van der Waals surface area contributed by atoms with Crippen molar-refractivity contribution in [3.05, 3.63) is 23.4 Å². The van der Waals surface area contributed by atoms with Crippen molar-refractivity contribution < 1.29 is 4.79 Å². The van der Waals surface area contributed by atoms with E-state index in [0.717, 1.165) is 12.8 Å². The van der Waals surface area contributed by atoms with Crippen molar-refractivity contribution >= 4 is 5.78 Å². The van der Waals surface area contributed by atoms with Gasteiger partial charge in [-0.1, -0.05) is 12.2 Å². The fraction of sp³-hybridized carbons (Fsp3) is 0.583. The molecule has 0 spiro atoms. The fourth-order valence-corrected chi connectivity index (χ4v) is 2.24. The minimum Gasteiger partial charge on any atom is -0.365 e. The first-order valence-electron chi connectivity index (χ1n) is 5.35. The van der Waals surface area contributed by atoms with E-state index in [1.54, 1.807) is 0 Å². The molecule has 0 bridgehead atoms. The van der Waals surface area contributed by atoms with Crippen molar-refractivity contribution in [3.63, 3.8) is 0 Å². The highest BCUT2D eigenvalue weighted by Gasteiger charge is 2.26. The van der Waals surface area contributed by atoms with E-state index in [-0.39, 0.29) is 0 Å². The molecule has 0 saturated heterocycles. The molecule has 2 aliphatic rings. The molecule has 76 valence electrons. The molecule has 2 rings (SSSR count). The van der Waals surface area contributed by atoms with Gasteiger partial charge in [0.05, 0.1) is 6.54 Å². The Balaban J connectivity index is 2.33. The maximum atomic E-state index is 11.5. The molecule has 0 aromatic carbocycles. The molecular formula is C12H17NO. The summed E-state index contributed by atoms with van der Waals surface area (Å²) in [7, 11) is 0. The summed E-state index contributed by atoms with van der Waals surface area (Å²) in [4.78, 5) is 13.8. The molecule has 0 unspecified atom stereocenters. The maximum absolute atomic E-state index is 11.5. The first kappa shape index (κ1) is 9.50. The molecule has 0 atom stereocenters. The van der Waals surface area contributed by atoms with E-state index in [2.05, 4.69) is 30.9 Å². The van der Waals surface area contributed by atoms with Crippen molar-refractivity contribution in [2.75, 3.05) is 6.54 Å². The minimum atomic E-state index is 0.351. The van der Waals surface area contributed by atoms with Gasteiger partial charge < -0.3 is 4.90 Å². The molecule has 14 heavy (non-hydrogen) atoms. The fourth-order valence-electron chi connectivity index (χ4n) is 2.24. The van der Waals surface area contributed by atoms with Gasteiger partial charge in [-0.3, -0.25) is 4.79 Å². The largest absolute Gasteiger partial charge is 0.365 e. The summed E-state index contributed by atoms with van der Waals surface area (Å²) in [6.45, 7) is 4.92. The first-order chi connectivity index (χ1) is 6.68. The zero-order valence-corrected chi connectivity index (χ0v) is 8.92. The van der Waals surface area contributed by atoms with Gasteiger partial charge in [0.15, 0.2) is 5.78 Å². The summed E-state index contributed by atoms with van der Waals surface area (Å²) in [5.74, 6) is 0.351. The van der Waals surface area contributed by atoms with Crippen LogP contribution in [0.4, 0.5) is 0 Å². The lowest BCUT2D eigenvalue weighted by atomic mass is 9.93. The average molecular weight is 191 g/mol. The zero-order chi connectivity index (χ0) is 10.1. The van der Waals surface area contributed by atoms with Gasteiger partial charge in [-0.05, 0) is 32.3 Å². The van der Waals surface area contributed by atoms with E-state index >= 15 is 0 Å². The number of Topliss-reactive ketones (excluding diaryl/α,β-unsaturated/α-hetero) is 1. The third-order valence-electron chi connectivity index (χ3n) is 2.94. The van der Waals surface area contributed by atoms with Gasteiger partial charge in [0, 0.05) is 18.2 Å². The molecule has 2 nitrogen and oxygen atoms in total. The number of hydrogen-bond donors (Lipinski definition) is 0. The summed E-state index contributed by atoms with van der Waals surface area (Å²) >= 11 is 0. The predicted octanol–water partition coefficient (Wildman–Crippen LogP) is 2.27. The van der Waals surface area contributed by atoms with E-state index in [1.165, 1.54) is 11.3 Å². The average Bonchev–Trinajstić information content (AvgIpc) is 2.16. The second-order valence-electron chi connectivity index (χ2n) is 4.35. The Bertz CT molecular complexity index is 312. The Hall–Kier alpha value is -1.05. The normalized spacial score (nSPS) is 21.9. The molecule has 1 heterocycles. The zero-order valence-electron chi connectivity index (χ0n) is 8.92. The number of carbonyl (C=O) groups excluding carboxylic acids is 1. The van der Waals surface area contributed by atoms with Gasteiger partial charge in [0.25, 0.3) is 0 Å². The highest BCUT2D eigenvalue weighted by molar-refractivity contribution is 5.85. The summed E-state index contributed by atoms with van der Waals surface area (Å²) in [6, 6.07) is 0.441. The molecule has 0 amide bonds. The molecule has 2 heteroatoms. The molecule has 1 aliphatic heterocycles. The van der Waals surface area contributed by atoms with Crippen LogP contribution < -0.4 is 0 Å². The molecule has 0 fully saturated rings. The lowest BCUT2D eigenvalue weighted by Gasteiger charge is -2.36. The van der Waals surface area contributed by atoms with Crippen LogP contribution in [0.25, 0.3) is 0 Å². The van der Waals surface area contributed by atoms with Gasteiger partial charge in [0.2, 0.25) is 0 Å². The molecule has 1 aliphatic carbocycles. The molecule has 0 saturated carbocycles. The van der Waals surface area contributed by atoms with Gasteiger partial charge in [-0.25, -0.2) is 0 Å². The highest BCUT2D eigenvalue weighted by atomic mass is 16.1. The third-order valence-corrected chi connectivity index (χ3v) is 2.94. The van der Waals surface area contributed by atoms with E-state index in [9.17, 15) is 4.79 Å². The number of allylic oxidation sites excluding steroid dienone is 4. The van der Waals surface area contributed by atoms with Gasteiger partial charge >= 0.3 is 0 Å². The summed E-state index contributed by atoms with van der Waals surface area (Å²) in [6.07, 6.45) is 7.18. The third kappa shape index (κ3) is 1.61. The maximum Gasteiger partial charge on any atom is 0.156 e. The van der Waals surface area contributed by atoms with Crippen LogP contribution in [0, 0.1) is 0 Å². The Labute approximate surface area is 85.3 Å². The Kier molecular flexibility index (Phi) is 2.44. The monoisotopic (exact) mass is 191 g/mol. The number of carbonyl (C=O) groups is 1. The SMILES string of the molecule is CC(C)N1CC(=O)CC2=C1CCC=C2. The Morgan fingerprint density at radius 2 is 2.21 bits per heavy atom. The van der Waals surface area contributed by atoms with Crippen molar-refractivity contribution in [2.45, 2.75) is 39.2 Å². The van der Waals surface area contributed by atoms with Crippen molar-refractivity contribution in [1.29, 1.82) is 0 Å². The molecule has 0 aromatic heterocycles. The molecule has 0 radical (unpaired) electrons.